The minimum Gasteiger partial charge on any atom is -0.481 e. The molecular weight excluding hydrogens is 338 g/mol. The van der Waals surface area contributed by atoms with Gasteiger partial charge in [0.05, 0.1) is 5.92 Å². The fourth-order valence-corrected chi connectivity index (χ4v) is 3.61. The highest BCUT2D eigenvalue weighted by Gasteiger charge is 2.19. The van der Waals surface area contributed by atoms with Crippen molar-refractivity contribution in [3.05, 3.63) is 5.92 Å². The average Bonchev–Trinajstić information content (AvgIpc) is 2.61. The Hall–Kier alpha value is -0.610. The van der Waals surface area contributed by atoms with Gasteiger partial charge in [0, 0.05) is 6.61 Å². The minimum atomic E-state index is -0.683. The van der Waals surface area contributed by atoms with E-state index in [0.717, 1.165) is 25.2 Å². The Balaban J connectivity index is 0. The molecule has 0 aliphatic rings. The summed E-state index contributed by atoms with van der Waals surface area (Å²) in [5.41, 5.74) is 0. The van der Waals surface area contributed by atoms with E-state index in [1.54, 1.807) is 0 Å². The third-order valence-electron chi connectivity index (χ3n) is 5.39. The average molecular weight is 387 g/mol. The lowest BCUT2D eigenvalue weighted by atomic mass is 9.89. The first-order chi connectivity index (χ1) is 12.6. The summed E-state index contributed by atoms with van der Waals surface area (Å²) in [7, 11) is 0. The Morgan fingerprint density at radius 1 is 0.778 bits per heavy atom. The lowest BCUT2D eigenvalue weighted by molar-refractivity contribution is -0.142. The molecule has 0 saturated heterocycles. The fourth-order valence-electron chi connectivity index (χ4n) is 3.61. The van der Waals surface area contributed by atoms with Gasteiger partial charge in [-0.3, -0.25) is 4.79 Å². The van der Waals surface area contributed by atoms with Gasteiger partial charge in [-0.2, -0.15) is 0 Å². The minimum absolute atomic E-state index is 0. The van der Waals surface area contributed by atoms with Crippen molar-refractivity contribution >= 4 is 5.97 Å². The summed E-state index contributed by atoms with van der Waals surface area (Å²) in [4.78, 5) is 11.3. The maximum Gasteiger partial charge on any atom is 0.306 e. The van der Waals surface area contributed by atoms with Crippen LogP contribution in [0.3, 0.4) is 0 Å². The molecule has 0 fully saturated rings. The van der Waals surface area contributed by atoms with E-state index in [1.165, 1.54) is 77.0 Å². The molecule has 0 aromatic rings. The summed E-state index contributed by atoms with van der Waals surface area (Å²) < 4.78 is 0. The molecule has 1 atom stereocenters. The zero-order valence-corrected chi connectivity index (χ0v) is 18.3. The number of rotatable bonds is 20. The van der Waals surface area contributed by atoms with E-state index < -0.39 is 5.97 Å². The predicted octanol–water partition coefficient (Wildman–Crippen LogP) is 7.09. The zero-order valence-electron chi connectivity index (χ0n) is 18.3. The second-order valence-electron chi connectivity index (χ2n) is 8.05. The van der Waals surface area contributed by atoms with Crippen LogP contribution in [0.5, 0.6) is 0 Å². The molecule has 27 heavy (non-hydrogen) atoms. The van der Waals surface area contributed by atoms with E-state index in [0.29, 0.717) is 12.8 Å². The highest BCUT2D eigenvalue weighted by molar-refractivity contribution is 5.70. The first-order valence-electron chi connectivity index (χ1n) is 11.3. The van der Waals surface area contributed by atoms with E-state index in [9.17, 15) is 9.90 Å². The standard InChI is InChI=1S/C23H45O3.H3N/c1-3-4-5-6-7-8-9-10-11-12-13-14-15-16-17-22(23(25)26)20-21(2)18-19-24;/h22,24H,3-20H2,1-2H3,(H,25,26);1H3. The van der Waals surface area contributed by atoms with Crippen LogP contribution in [-0.2, 0) is 4.79 Å². The van der Waals surface area contributed by atoms with Crippen molar-refractivity contribution in [2.45, 2.75) is 123 Å². The molecule has 0 amide bonds. The number of hydrogen-bond donors (Lipinski definition) is 3. The third kappa shape index (κ3) is 19.9. The Bertz CT molecular complexity index is 310. The quantitative estimate of drug-likeness (QED) is 0.195. The lowest BCUT2D eigenvalue weighted by Gasteiger charge is -2.16. The molecule has 0 heterocycles. The van der Waals surface area contributed by atoms with Crippen LogP contribution in [0.4, 0.5) is 0 Å². The molecule has 5 N–H and O–H groups in total. The van der Waals surface area contributed by atoms with Gasteiger partial charge in [0.1, 0.15) is 0 Å². The number of aliphatic hydroxyl groups excluding tert-OH is 1. The van der Waals surface area contributed by atoms with E-state index in [1.807, 2.05) is 6.92 Å². The summed E-state index contributed by atoms with van der Waals surface area (Å²) in [6.07, 6.45) is 20.6. The fraction of sp³-hybridized carbons (Fsp3) is 0.913. The molecule has 0 aliphatic carbocycles. The molecular formula is C23H48NO3. The van der Waals surface area contributed by atoms with Gasteiger partial charge < -0.3 is 16.4 Å². The molecule has 1 radical (unpaired) electrons. The second-order valence-corrected chi connectivity index (χ2v) is 8.05. The van der Waals surface area contributed by atoms with Crippen molar-refractivity contribution in [3.8, 4) is 0 Å². The van der Waals surface area contributed by atoms with Crippen molar-refractivity contribution < 1.29 is 15.0 Å². The molecule has 4 heteroatoms. The van der Waals surface area contributed by atoms with Gasteiger partial charge in [-0.25, -0.2) is 0 Å². The van der Waals surface area contributed by atoms with Gasteiger partial charge in [0.2, 0.25) is 0 Å². The number of unbranched alkanes of at least 4 members (excludes halogenated alkanes) is 13. The molecule has 0 rings (SSSR count). The highest BCUT2D eigenvalue weighted by Crippen LogP contribution is 2.23. The number of carboxylic acids is 1. The van der Waals surface area contributed by atoms with Crippen LogP contribution in [0.25, 0.3) is 0 Å². The maximum atomic E-state index is 11.3. The molecule has 1 unspecified atom stereocenters. The van der Waals surface area contributed by atoms with Gasteiger partial charge in [0.15, 0.2) is 0 Å². The monoisotopic (exact) mass is 386 g/mol. The number of carboxylic acid groups (broad SMARTS) is 1. The van der Waals surface area contributed by atoms with Crippen LogP contribution in [0.1, 0.15) is 123 Å². The zero-order chi connectivity index (χ0) is 19.5. The normalized spacial score (nSPS) is 12.1. The number of carbonyl (C=O) groups is 1. The van der Waals surface area contributed by atoms with Gasteiger partial charge in [-0.15, -0.1) is 0 Å². The summed E-state index contributed by atoms with van der Waals surface area (Å²) >= 11 is 0. The highest BCUT2D eigenvalue weighted by atomic mass is 16.4. The summed E-state index contributed by atoms with van der Waals surface area (Å²) in [5.74, 6) is 0.154. The van der Waals surface area contributed by atoms with Gasteiger partial charge >= 0.3 is 5.97 Å². The SMILES string of the molecule is CCCCCCCCCCCCCCCCC(C[C](C)CCO)C(=O)O.N. The molecule has 4 nitrogen and oxygen atoms in total. The van der Waals surface area contributed by atoms with E-state index >= 15 is 0 Å². The van der Waals surface area contributed by atoms with E-state index in [-0.39, 0.29) is 18.7 Å². The summed E-state index contributed by atoms with van der Waals surface area (Å²) in [6.45, 7) is 4.34. The molecule has 0 spiro atoms. The topological polar surface area (TPSA) is 92.5 Å². The van der Waals surface area contributed by atoms with Crippen LogP contribution >= 0.6 is 0 Å². The van der Waals surface area contributed by atoms with Crippen molar-refractivity contribution in [2.75, 3.05) is 6.61 Å². The Morgan fingerprint density at radius 2 is 1.19 bits per heavy atom. The van der Waals surface area contributed by atoms with Crippen LogP contribution in [-0.4, -0.2) is 22.8 Å². The maximum absolute atomic E-state index is 11.3. The van der Waals surface area contributed by atoms with Crippen molar-refractivity contribution in [1.82, 2.24) is 6.15 Å². The predicted molar refractivity (Wildman–Crippen MR) is 116 cm³/mol. The van der Waals surface area contributed by atoms with Crippen molar-refractivity contribution in [3.63, 3.8) is 0 Å². The smallest absolute Gasteiger partial charge is 0.306 e. The number of aliphatic hydroxyl groups is 1. The molecule has 0 aliphatic heterocycles. The summed E-state index contributed by atoms with van der Waals surface area (Å²) in [6, 6.07) is 0. The van der Waals surface area contributed by atoms with Crippen LogP contribution in [0.2, 0.25) is 0 Å². The molecule has 0 aromatic heterocycles. The Labute approximate surface area is 169 Å². The van der Waals surface area contributed by atoms with Gasteiger partial charge in [-0.05, 0) is 25.2 Å². The number of hydrogen-bond acceptors (Lipinski definition) is 3. The van der Waals surface area contributed by atoms with Crippen LogP contribution in [0.15, 0.2) is 0 Å². The lowest BCUT2D eigenvalue weighted by Crippen LogP contribution is -2.16. The first kappa shape index (κ1) is 28.6. The Kier molecular flexibility index (Phi) is 23.0. The Morgan fingerprint density at radius 3 is 1.56 bits per heavy atom. The first-order valence-corrected chi connectivity index (χ1v) is 11.3. The van der Waals surface area contributed by atoms with Crippen molar-refractivity contribution in [1.29, 1.82) is 0 Å². The van der Waals surface area contributed by atoms with Crippen molar-refractivity contribution in [2.24, 2.45) is 5.92 Å². The number of aliphatic carboxylic acids is 1. The van der Waals surface area contributed by atoms with E-state index in [4.69, 9.17) is 5.11 Å². The van der Waals surface area contributed by atoms with Gasteiger partial charge in [-0.1, -0.05) is 104 Å². The third-order valence-corrected chi connectivity index (χ3v) is 5.39. The molecule has 0 saturated carbocycles. The van der Waals surface area contributed by atoms with Crippen LogP contribution < -0.4 is 6.15 Å². The molecule has 163 valence electrons. The van der Waals surface area contributed by atoms with Crippen LogP contribution in [0, 0.1) is 11.8 Å². The summed E-state index contributed by atoms with van der Waals surface area (Å²) in [5, 5.41) is 18.2. The second kappa shape index (κ2) is 21.7. The molecule has 0 bridgehead atoms. The van der Waals surface area contributed by atoms with E-state index in [2.05, 4.69) is 6.92 Å². The molecule has 0 aromatic carbocycles. The largest absolute Gasteiger partial charge is 0.481 e. The van der Waals surface area contributed by atoms with Gasteiger partial charge in [0.25, 0.3) is 0 Å².